The molecule has 3 aromatic heterocycles. The zero-order valence-corrected chi connectivity index (χ0v) is 18.2. The van der Waals surface area contributed by atoms with Crippen molar-refractivity contribution in [3.05, 3.63) is 65.0 Å². The van der Waals surface area contributed by atoms with Crippen LogP contribution in [-0.2, 0) is 17.8 Å². The Morgan fingerprint density at radius 3 is 2.81 bits per heavy atom. The molecule has 0 saturated heterocycles. The number of benzene rings is 1. The van der Waals surface area contributed by atoms with E-state index in [9.17, 15) is 4.79 Å². The molecule has 0 radical (unpaired) electrons. The molecule has 1 amide bonds. The number of anilines is 1. The molecule has 0 saturated carbocycles. The quantitative estimate of drug-likeness (QED) is 0.444. The van der Waals surface area contributed by atoms with Gasteiger partial charge in [0.2, 0.25) is 5.91 Å². The SMILES string of the molecule is COc1cccc(Cn2nccc2NC(=O)Cc2csc(-c3ccc(C)o3)n2)c1OC. The number of para-hydroxylation sites is 1. The molecular weight excluding hydrogens is 416 g/mol. The lowest BCUT2D eigenvalue weighted by Gasteiger charge is -2.14. The number of carbonyl (C=O) groups is 1. The Balaban J connectivity index is 1.44. The third-order valence-corrected chi connectivity index (χ3v) is 5.54. The second kappa shape index (κ2) is 9.05. The highest BCUT2D eigenvalue weighted by Gasteiger charge is 2.15. The molecule has 1 aromatic carbocycles. The van der Waals surface area contributed by atoms with E-state index in [2.05, 4.69) is 15.4 Å². The minimum absolute atomic E-state index is 0.157. The van der Waals surface area contributed by atoms with Crippen molar-refractivity contribution in [2.24, 2.45) is 0 Å². The molecule has 160 valence electrons. The molecule has 9 heteroatoms. The van der Waals surface area contributed by atoms with E-state index in [1.54, 1.807) is 31.2 Å². The molecule has 0 aliphatic heterocycles. The van der Waals surface area contributed by atoms with Crippen LogP contribution in [-0.4, -0.2) is 34.9 Å². The summed E-state index contributed by atoms with van der Waals surface area (Å²) in [5, 5.41) is 9.86. The molecule has 0 unspecified atom stereocenters. The number of hydrogen-bond acceptors (Lipinski definition) is 7. The predicted octanol–water partition coefficient (Wildman–Crippen LogP) is 4.15. The van der Waals surface area contributed by atoms with Gasteiger partial charge in [-0.1, -0.05) is 12.1 Å². The Morgan fingerprint density at radius 2 is 2.06 bits per heavy atom. The summed E-state index contributed by atoms with van der Waals surface area (Å²) >= 11 is 1.45. The average Bonchev–Trinajstić information content (AvgIpc) is 3.50. The fraction of sp³-hybridized carbons (Fsp3) is 0.227. The zero-order chi connectivity index (χ0) is 21.8. The van der Waals surface area contributed by atoms with Gasteiger partial charge in [-0.2, -0.15) is 5.10 Å². The average molecular weight is 439 g/mol. The van der Waals surface area contributed by atoms with Crippen LogP contribution in [0.15, 0.2) is 52.4 Å². The van der Waals surface area contributed by atoms with Crippen LogP contribution in [0.3, 0.4) is 0 Å². The van der Waals surface area contributed by atoms with Crippen LogP contribution in [0.25, 0.3) is 10.8 Å². The van der Waals surface area contributed by atoms with Gasteiger partial charge in [0.15, 0.2) is 22.3 Å². The van der Waals surface area contributed by atoms with Gasteiger partial charge in [-0.3, -0.25) is 4.79 Å². The molecule has 4 aromatic rings. The number of furan rings is 1. The molecule has 0 aliphatic rings. The Hall–Kier alpha value is -3.59. The smallest absolute Gasteiger partial charge is 0.231 e. The number of thiazole rings is 1. The topological polar surface area (TPSA) is 91.4 Å². The van der Waals surface area contributed by atoms with E-state index in [0.29, 0.717) is 35.3 Å². The lowest BCUT2D eigenvalue weighted by atomic mass is 10.2. The van der Waals surface area contributed by atoms with E-state index < -0.39 is 0 Å². The van der Waals surface area contributed by atoms with Gasteiger partial charge < -0.3 is 19.2 Å². The van der Waals surface area contributed by atoms with Crippen LogP contribution >= 0.6 is 11.3 Å². The summed E-state index contributed by atoms with van der Waals surface area (Å²) in [4.78, 5) is 17.1. The first-order valence-corrected chi connectivity index (χ1v) is 10.5. The number of methoxy groups -OCH3 is 2. The fourth-order valence-corrected chi connectivity index (χ4v) is 3.99. The minimum atomic E-state index is -0.174. The van der Waals surface area contributed by atoms with Crippen molar-refractivity contribution in [2.75, 3.05) is 19.5 Å². The lowest BCUT2D eigenvalue weighted by Crippen LogP contribution is -2.18. The summed E-state index contributed by atoms with van der Waals surface area (Å²) in [6.45, 7) is 2.30. The standard InChI is InChI=1S/C22H22N4O4S/c1-14-7-8-18(30-14)22-24-16(13-31-22)11-20(27)25-19-9-10-23-26(19)12-15-5-4-6-17(28-2)21(15)29-3/h4-10,13H,11-12H2,1-3H3,(H,25,27). The summed E-state index contributed by atoms with van der Waals surface area (Å²) in [5.74, 6) is 3.23. The number of carbonyl (C=O) groups excluding carboxylic acids is 1. The van der Waals surface area contributed by atoms with Crippen molar-refractivity contribution in [3.63, 3.8) is 0 Å². The normalized spacial score (nSPS) is 10.8. The van der Waals surface area contributed by atoms with E-state index in [0.717, 1.165) is 16.3 Å². The number of aromatic nitrogens is 3. The maximum atomic E-state index is 12.6. The van der Waals surface area contributed by atoms with E-state index in [1.807, 2.05) is 42.6 Å². The number of hydrogen-bond donors (Lipinski definition) is 1. The van der Waals surface area contributed by atoms with Crippen LogP contribution < -0.4 is 14.8 Å². The molecule has 1 N–H and O–H groups in total. The first kappa shape index (κ1) is 20.7. The van der Waals surface area contributed by atoms with Gasteiger partial charge in [-0.15, -0.1) is 11.3 Å². The Morgan fingerprint density at radius 1 is 1.19 bits per heavy atom. The summed E-state index contributed by atoms with van der Waals surface area (Å²) in [6, 6.07) is 11.2. The molecule has 0 spiro atoms. The number of aryl methyl sites for hydroxylation is 1. The number of ether oxygens (including phenoxy) is 2. The molecule has 4 rings (SSSR count). The van der Waals surface area contributed by atoms with Crippen molar-refractivity contribution >= 4 is 23.1 Å². The van der Waals surface area contributed by atoms with Gasteiger partial charge in [0.05, 0.1) is 39.1 Å². The fourth-order valence-electron chi connectivity index (χ4n) is 3.21. The van der Waals surface area contributed by atoms with E-state index >= 15 is 0 Å². The number of rotatable bonds is 8. The van der Waals surface area contributed by atoms with Crippen LogP contribution in [0.2, 0.25) is 0 Å². The molecule has 31 heavy (non-hydrogen) atoms. The molecule has 8 nitrogen and oxygen atoms in total. The van der Waals surface area contributed by atoms with Gasteiger partial charge >= 0.3 is 0 Å². The molecule has 0 bridgehead atoms. The van der Waals surface area contributed by atoms with Crippen molar-refractivity contribution in [1.82, 2.24) is 14.8 Å². The van der Waals surface area contributed by atoms with Crippen molar-refractivity contribution < 1.29 is 18.7 Å². The van der Waals surface area contributed by atoms with E-state index in [-0.39, 0.29) is 12.3 Å². The Kier molecular flexibility index (Phi) is 6.03. The van der Waals surface area contributed by atoms with Gasteiger partial charge in [0.25, 0.3) is 0 Å². The third kappa shape index (κ3) is 4.61. The largest absolute Gasteiger partial charge is 0.493 e. The predicted molar refractivity (Wildman–Crippen MR) is 118 cm³/mol. The minimum Gasteiger partial charge on any atom is -0.493 e. The molecule has 0 aliphatic carbocycles. The number of amides is 1. The Labute approximate surface area is 183 Å². The van der Waals surface area contributed by atoms with Gasteiger partial charge in [0.1, 0.15) is 11.6 Å². The summed E-state index contributed by atoms with van der Waals surface area (Å²) < 4.78 is 18.1. The van der Waals surface area contributed by atoms with E-state index in [1.165, 1.54) is 11.3 Å². The monoisotopic (exact) mass is 438 g/mol. The second-order valence-electron chi connectivity index (χ2n) is 6.81. The maximum absolute atomic E-state index is 12.6. The van der Waals surface area contributed by atoms with Crippen LogP contribution in [0.1, 0.15) is 17.0 Å². The van der Waals surface area contributed by atoms with Crippen molar-refractivity contribution in [2.45, 2.75) is 19.9 Å². The highest BCUT2D eigenvalue weighted by molar-refractivity contribution is 7.13. The summed E-state index contributed by atoms with van der Waals surface area (Å²) in [5.41, 5.74) is 1.58. The third-order valence-electron chi connectivity index (χ3n) is 4.63. The first-order valence-electron chi connectivity index (χ1n) is 9.60. The number of nitrogens with zero attached hydrogens (tertiary/aromatic N) is 3. The molecule has 0 atom stereocenters. The maximum Gasteiger partial charge on any atom is 0.231 e. The van der Waals surface area contributed by atoms with Crippen LogP contribution in [0, 0.1) is 6.92 Å². The molecular formula is C22H22N4O4S. The van der Waals surface area contributed by atoms with Crippen molar-refractivity contribution in [3.8, 4) is 22.3 Å². The zero-order valence-electron chi connectivity index (χ0n) is 17.4. The lowest BCUT2D eigenvalue weighted by molar-refractivity contribution is -0.115. The van der Waals surface area contributed by atoms with E-state index in [4.69, 9.17) is 13.9 Å². The van der Waals surface area contributed by atoms with Crippen molar-refractivity contribution in [1.29, 1.82) is 0 Å². The van der Waals surface area contributed by atoms with Gasteiger partial charge in [-0.05, 0) is 25.1 Å². The van der Waals surface area contributed by atoms with Crippen LogP contribution in [0.5, 0.6) is 11.5 Å². The highest BCUT2D eigenvalue weighted by Crippen LogP contribution is 2.31. The Bertz CT molecular complexity index is 1190. The van der Waals surface area contributed by atoms with Gasteiger partial charge in [-0.25, -0.2) is 9.67 Å². The first-order chi connectivity index (χ1) is 15.1. The van der Waals surface area contributed by atoms with Crippen LogP contribution in [0.4, 0.5) is 5.82 Å². The summed E-state index contributed by atoms with van der Waals surface area (Å²) in [7, 11) is 3.19. The second-order valence-corrected chi connectivity index (χ2v) is 7.66. The molecule has 3 heterocycles. The highest BCUT2D eigenvalue weighted by atomic mass is 32.1. The molecule has 0 fully saturated rings. The summed E-state index contributed by atoms with van der Waals surface area (Å²) in [6.07, 6.45) is 1.80. The number of nitrogens with one attached hydrogen (secondary N) is 1. The van der Waals surface area contributed by atoms with Gasteiger partial charge in [0, 0.05) is 17.0 Å².